The molecule has 0 radical (unpaired) electrons. The first kappa shape index (κ1) is 23.6. The van der Waals surface area contributed by atoms with Crippen molar-refractivity contribution in [1.82, 2.24) is 15.5 Å². The molecule has 1 aromatic carbocycles. The number of carbonyl (C=O) groups is 2. The second kappa shape index (κ2) is 9.92. The van der Waals surface area contributed by atoms with Crippen LogP contribution in [0.4, 0.5) is 11.5 Å². The maximum absolute atomic E-state index is 13.7. The summed E-state index contributed by atoms with van der Waals surface area (Å²) in [5.41, 5.74) is 1.76. The van der Waals surface area contributed by atoms with Gasteiger partial charge in [-0.15, -0.1) is 5.10 Å². The summed E-state index contributed by atoms with van der Waals surface area (Å²) < 4.78 is 0. The maximum Gasteiger partial charge on any atom is 0.231 e. The summed E-state index contributed by atoms with van der Waals surface area (Å²) in [6, 6.07) is 11.9. The van der Waals surface area contributed by atoms with E-state index in [2.05, 4.69) is 37.9 Å². The molecule has 36 heavy (non-hydrogen) atoms. The molecule has 2 aromatic rings. The molecule has 2 aliphatic carbocycles. The van der Waals surface area contributed by atoms with E-state index in [1.54, 1.807) is 6.20 Å². The van der Waals surface area contributed by atoms with Gasteiger partial charge in [0.05, 0.1) is 5.92 Å². The Morgan fingerprint density at radius 2 is 1.86 bits per heavy atom. The largest absolute Gasteiger partial charge is 0.353 e. The summed E-state index contributed by atoms with van der Waals surface area (Å²) in [6.45, 7) is 3.15. The lowest BCUT2D eigenvalue weighted by Crippen LogP contribution is -2.52. The number of fused-ring (bicyclic) bond motifs is 2. The minimum Gasteiger partial charge on any atom is -0.353 e. The average molecular weight is 488 g/mol. The topological polar surface area (TPSA) is 87.2 Å². The number of piperidine rings is 1. The van der Waals surface area contributed by atoms with E-state index in [-0.39, 0.29) is 17.2 Å². The molecule has 0 spiro atoms. The van der Waals surface area contributed by atoms with Crippen LogP contribution < -0.4 is 15.5 Å². The zero-order valence-electron chi connectivity index (χ0n) is 21.0. The molecule has 6 rings (SSSR count). The lowest BCUT2D eigenvalue weighted by atomic mass is 9.68. The average Bonchev–Trinajstić information content (AvgIpc) is 3.49. The fraction of sp³-hybridized carbons (Fsp3) is 0.586. The van der Waals surface area contributed by atoms with Gasteiger partial charge in [-0.3, -0.25) is 9.59 Å². The van der Waals surface area contributed by atoms with Crippen LogP contribution in [-0.2, 0) is 16.0 Å². The van der Waals surface area contributed by atoms with Crippen LogP contribution in [0.5, 0.6) is 0 Å². The van der Waals surface area contributed by atoms with Gasteiger partial charge >= 0.3 is 0 Å². The first-order chi connectivity index (χ1) is 17.6. The van der Waals surface area contributed by atoms with Crippen molar-refractivity contribution in [2.24, 2.45) is 29.1 Å². The van der Waals surface area contributed by atoms with Crippen molar-refractivity contribution in [3.63, 3.8) is 0 Å². The first-order valence-electron chi connectivity index (χ1n) is 13.7. The third kappa shape index (κ3) is 4.77. The summed E-state index contributed by atoms with van der Waals surface area (Å²) in [4.78, 5) is 28.5. The van der Waals surface area contributed by atoms with Crippen LogP contribution in [0, 0.1) is 29.1 Å². The molecule has 7 heteroatoms. The smallest absolute Gasteiger partial charge is 0.231 e. The third-order valence-electron chi connectivity index (χ3n) is 9.38. The number of Topliss-reactive ketones (excluding diaryl/α,β-unsaturated/α-hetero) is 1. The van der Waals surface area contributed by atoms with Crippen LogP contribution in [0.3, 0.4) is 0 Å². The van der Waals surface area contributed by atoms with Crippen molar-refractivity contribution in [3.8, 4) is 0 Å². The van der Waals surface area contributed by atoms with Crippen molar-refractivity contribution in [2.75, 3.05) is 36.4 Å². The van der Waals surface area contributed by atoms with Gasteiger partial charge in [-0.1, -0.05) is 18.6 Å². The fourth-order valence-corrected chi connectivity index (χ4v) is 7.18. The van der Waals surface area contributed by atoms with Gasteiger partial charge in [0.25, 0.3) is 0 Å². The monoisotopic (exact) mass is 487 g/mol. The number of nitrogens with one attached hydrogen (secondary N) is 2. The molecular formula is C29H37N5O2. The molecule has 3 heterocycles. The number of amides is 1. The van der Waals surface area contributed by atoms with Gasteiger partial charge in [-0.25, -0.2) is 0 Å². The second-order valence-electron chi connectivity index (χ2n) is 11.6. The molecule has 2 unspecified atom stereocenters. The van der Waals surface area contributed by atoms with E-state index >= 15 is 0 Å². The molecule has 190 valence electrons. The van der Waals surface area contributed by atoms with Crippen LogP contribution in [0.15, 0.2) is 42.6 Å². The Balaban J connectivity index is 1.05. The van der Waals surface area contributed by atoms with Gasteiger partial charge in [0.1, 0.15) is 5.78 Å². The highest BCUT2D eigenvalue weighted by atomic mass is 16.2. The van der Waals surface area contributed by atoms with E-state index in [1.807, 2.05) is 24.3 Å². The number of hydrogen-bond donors (Lipinski definition) is 2. The van der Waals surface area contributed by atoms with Gasteiger partial charge in [-0.2, -0.15) is 5.10 Å². The van der Waals surface area contributed by atoms with Crippen molar-refractivity contribution in [3.05, 3.63) is 48.2 Å². The molecule has 2 bridgehead atoms. The predicted molar refractivity (Wildman–Crippen MR) is 140 cm³/mol. The van der Waals surface area contributed by atoms with Crippen molar-refractivity contribution >= 4 is 23.2 Å². The fourth-order valence-electron chi connectivity index (χ4n) is 7.18. The number of rotatable bonds is 8. The summed E-state index contributed by atoms with van der Waals surface area (Å²) >= 11 is 0. The number of nitrogens with zero attached hydrogens (tertiary/aromatic N) is 3. The van der Waals surface area contributed by atoms with Gasteiger partial charge in [-0.05, 0) is 99.2 Å². The normalized spacial score (nSPS) is 27.0. The van der Waals surface area contributed by atoms with E-state index in [4.69, 9.17) is 0 Å². The standard InChI is InChI=1S/C29H37N5O2/c35-26(16-23-15-21-3-6-22(23)14-21)29(9-12-30-13-10-29)17-20-4-7-25(8-5-20)32-28(36)24-18-34(19-24)27-2-1-11-31-33-27/h1-2,4-5,7-8,11,21-24,30H,3,6,9-10,12-19H2,(H,32,36)/t21?,22-,23?/m0/s1. The number of aromatic nitrogens is 2. The van der Waals surface area contributed by atoms with E-state index in [0.717, 1.165) is 62.1 Å². The minimum atomic E-state index is -0.242. The zero-order valence-corrected chi connectivity index (χ0v) is 21.0. The summed E-state index contributed by atoms with van der Waals surface area (Å²) in [5.74, 6) is 3.60. The molecule has 7 nitrogen and oxygen atoms in total. The Bertz CT molecular complexity index is 1080. The number of carbonyl (C=O) groups excluding carboxylic acids is 2. The van der Waals surface area contributed by atoms with Crippen LogP contribution in [-0.4, -0.2) is 48.1 Å². The molecule has 1 aromatic heterocycles. The number of benzene rings is 1. The Kier molecular flexibility index (Phi) is 6.50. The Morgan fingerprint density at radius 1 is 1.06 bits per heavy atom. The number of anilines is 2. The molecule has 1 amide bonds. The van der Waals surface area contributed by atoms with Crippen LogP contribution >= 0.6 is 0 Å². The predicted octanol–water partition coefficient (Wildman–Crippen LogP) is 3.86. The van der Waals surface area contributed by atoms with Gasteiger partial charge in [0.15, 0.2) is 5.82 Å². The highest BCUT2D eigenvalue weighted by Crippen LogP contribution is 2.51. The Hall–Kier alpha value is -2.80. The van der Waals surface area contributed by atoms with Crippen LogP contribution in [0.25, 0.3) is 0 Å². The molecule has 3 atom stereocenters. The summed E-state index contributed by atoms with van der Waals surface area (Å²) in [7, 11) is 0. The Labute approximate surface area is 213 Å². The molecular weight excluding hydrogens is 450 g/mol. The van der Waals surface area contributed by atoms with Gasteiger partial charge in [0.2, 0.25) is 5.91 Å². The molecule has 2 saturated carbocycles. The SMILES string of the molecule is O=C(Nc1ccc(CC2(C(=O)CC3CC4CC[C@H]3C4)CCNCC2)cc1)C1CN(c2cccnn2)C1. The van der Waals surface area contributed by atoms with Gasteiger partial charge in [0, 0.05) is 36.8 Å². The zero-order chi connectivity index (χ0) is 24.5. The quantitative estimate of drug-likeness (QED) is 0.588. The maximum atomic E-state index is 13.7. The van der Waals surface area contributed by atoms with Crippen molar-refractivity contribution < 1.29 is 9.59 Å². The third-order valence-corrected chi connectivity index (χ3v) is 9.38. The molecule has 2 saturated heterocycles. The minimum absolute atomic E-state index is 0.0405. The first-order valence-corrected chi connectivity index (χ1v) is 13.7. The summed E-state index contributed by atoms with van der Waals surface area (Å²) in [6.07, 6.45) is 10.4. The van der Waals surface area contributed by atoms with Crippen LogP contribution in [0.2, 0.25) is 0 Å². The lowest BCUT2D eigenvalue weighted by Gasteiger charge is -2.38. The molecule has 4 fully saturated rings. The van der Waals surface area contributed by atoms with E-state index in [9.17, 15) is 9.59 Å². The van der Waals surface area contributed by atoms with Gasteiger partial charge < -0.3 is 15.5 Å². The number of ketones is 1. The van der Waals surface area contributed by atoms with Crippen molar-refractivity contribution in [2.45, 2.75) is 51.4 Å². The number of hydrogen-bond acceptors (Lipinski definition) is 6. The molecule has 2 aliphatic heterocycles. The summed E-state index contributed by atoms with van der Waals surface area (Å²) in [5, 5.41) is 14.5. The highest BCUT2D eigenvalue weighted by molar-refractivity contribution is 5.94. The molecule has 2 N–H and O–H groups in total. The van der Waals surface area contributed by atoms with Crippen molar-refractivity contribution in [1.29, 1.82) is 0 Å². The van der Waals surface area contributed by atoms with E-state index < -0.39 is 0 Å². The van der Waals surface area contributed by atoms with E-state index in [1.165, 1.54) is 31.2 Å². The Morgan fingerprint density at radius 3 is 2.53 bits per heavy atom. The highest BCUT2D eigenvalue weighted by Gasteiger charge is 2.45. The second-order valence-corrected chi connectivity index (χ2v) is 11.6. The lowest BCUT2D eigenvalue weighted by molar-refractivity contribution is -0.131. The van der Waals surface area contributed by atoms with Crippen LogP contribution in [0.1, 0.15) is 50.5 Å². The molecule has 4 aliphatic rings. The van der Waals surface area contributed by atoms with E-state index in [0.29, 0.717) is 24.8 Å².